The summed E-state index contributed by atoms with van der Waals surface area (Å²) in [5.74, 6) is -2.35. The van der Waals surface area contributed by atoms with Gasteiger partial charge in [-0.05, 0) is 34.5 Å². The third-order valence-corrected chi connectivity index (χ3v) is 3.70. The molecule has 0 saturated heterocycles. The van der Waals surface area contributed by atoms with E-state index in [4.69, 9.17) is 0 Å². The van der Waals surface area contributed by atoms with Gasteiger partial charge in [0.1, 0.15) is 22.9 Å². The van der Waals surface area contributed by atoms with Gasteiger partial charge >= 0.3 is 0 Å². The average molecular weight is 313 g/mol. The third kappa shape index (κ3) is 2.28. The fourth-order valence-electron chi connectivity index (χ4n) is 2.63. The first kappa shape index (κ1) is 14.6. The van der Waals surface area contributed by atoms with Gasteiger partial charge in [-0.1, -0.05) is 6.07 Å². The zero-order valence-corrected chi connectivity index (χ0v) is 11.6. The van der Waals surface area contributed by atoms with E-state index < -0.39 is 17.3 Å². The number of carbonyl (C=O) groups is 1. The molecule has 0 atom stereocenters. The molecule has 0 aromatic heterocycles. The molecule has 7 nitrogen and oxygen atoms in total. The molecule has 0 aliphatic heterocycles. The SMILES string of the molecule is O=Nc1ccc(C2=C(O)C(=O)c3c(O)cc(O)cc3C2)cc1O. The first-order valence-corrected chi connectivity index (χ1v) is 6.60. The lowest BCUT2D eigenvalue weighted by Crippen LogP contribution is -2.16. The largest absolute Gasteiger partial charge is 0.508 e. The standard InChI is InChI=1S/C16H11NO6/c18-9-3-8-4-10(7-1-2-11(17-23)12(19)5-7)15(21)16(22)14(8)13(20)6-9/h1-3,5-6,18-21H,4H2. The molecule has 1 aliphatic carbocycles. The van der Waals surface area contributed by atoms with Gasteiger partial charge in [-0.15, -0.1) is 4.91 Å². The lowest BCUT2D eigenvalue weighted by Gasteiger charge is -2.20. The lowest BCUT2D eigenvalue weighted by atomic mass is 9.85. The quantitative estimate of drug-likeness (QED) is 0.631. The zero-order valence-electron chi connectivity index (χ0n) is 11.6. The van der Waals surface area contributed by atoms with Crippen molar-refractivity contribution in [3.8, 4) is 17.2 Å². The highest BCUT2D eigenvalue weighted by atomic mass is 16.3. The molecular formula is C16H11NO6. The second kappa shape index (κ2) is 5.13. The van der Waals surface area contributed by atoms with E-state index in [1.807, 2.05) is 0 Å². The number of nitroso groups, excluding NO2 is 1. The summed E-state index contributed by atoms with van der Waals surface area (Å²) in [6.45, 7) is 0. The van der Waals surface area contributed by atoms with Crippen LogP contribution in [0.25, 0.3) is 5.57 Å². The molecule has 0 saturated carbocycles. The van der Waals surface area contributed by atoms with E-state index in [9.17, 15) is 30.1 Å². The number of rotatable bonds is 2. The maximum absolute atomic E-state index is 12.3. The molecule has 0 radical (unpaired) electrons. The van der Waals surface area contributed by atoms with E-state index >= 15 is 0 Å². The number of aliphatic hydroxyl groups is 1. The lowest BCUT2D eigenvalue weighted by molar-refractivity contribution is 0.0972. The fourth-order valence-corrected chi connectivity index (χ4v) is 2.63. The fraction of sp³-hybridized carbons (Fsp3) is 0.0625. The molecule has 0 bridgehead atoms. The number of hydrogen-bond acceptors (Lipinski definition) is 7. The van der Waals surface area contributed by atoms with Gasteiger partial charge in [0.25, 0.3) is 0 Å². The van der Waals surface area contributed by atoms with Crippen molar-refractivity contribution in [3.63, 3.8) is 0 Å². The summed E-state index contributed by atoms with van der Waals surface area (Å²) >= 11 is 0. The molecule has 1 aliphatic rings. The van der Waals surface area contributed by atoms with Crippen molar-refractivity contribution in [1.82, 2.24) is 0 Å². The Balaban J connectivity index is 2.14. The van der Waals surface area contributed by atoms with E-state index in [-0.39, 0.29) is 34.7 Å². The number of aromatic hydroxyl groups is 3. The number of nitrogens with zero attached hydrogens (tertiary/aromatic N) is 1. The Morgan fingerprint density at radius 1 is 0.957 bits per heavy atom. The van der Waals surface area contributed by atoms with Gasteiger partial charge in [-0.3, -0.25) is 4.79 Å². The van der Waals surface area contributed by atoms with Crippen LogP contribution in [0.3, 0.4) is 0 Å². The first-order chi connectivity index (χ1) is 10.9. The van der Waals surface area contributed by atoms with E-state index in [1.165, 1.54) is 24.3 Å². The molecule has 116 valence electrons. The Labute approximate surface area is 129 Å². The van der Waals surface area contributed by atoms with Gasteiger partial charge in [-0.25, -0.2) is 0 Å². The van der Waals surface area contributed by atoms with Crippen molar-refractivity contribution in [2.45, 2.75) is 6.42 Å². The van der Waals surface area contributed by atoms with Gasteiger partial charge in [0.15, 0.2) is 5.76 Å². The monoisotopic (exact) mass is 313 g/mol. The number of fused-ring (bicyclic) bond motifs is 1. The number of carbonyl (C=O) groups excluding carboxylic acids is 1. The van der Waals surface area contributed by atoms with Crippen LogP contribution in [0.5, 0.6) is 17.2 Å². The molecule has 0 heterocycles. The summed E-state index contributed by atoms with van der Waals surface area (Å²) < 4.78 is 0. The summed E-state index contributed by atoms with van der Waals surface area (Å²) in [4.78, 5) is 22.7. The highest BCUT2D eigenvalue weighted by molar-refractivity contribution is 6.16. The second-order valence-electron chi connectivity index (χ2n) is 5.13. The third-order valence-electron chi connectivity index (χ3n) is 3.70. The summed E-state index contributed by atoms with van der Waals surface area (Å²) in [6.07, 6.45) is 0.0577. The van der Waals surface area contributed by atoms with Crippen LogP contribution in [0.15, 0.2) is 41.3 Å². The highest BCUT2D eigenvalue weighted by Crippen LogP contribution is 2.39. The van der Waals surface area contributed by atoms with Crippen LogP contribution in [0, 0.1) is 4.91 Å². The maximum atomic E-state index is 12.3. The number of phenols is 3. The van der Waals surface area contributed by atoms with Gasteiger partial charge in [0.2, 0.25) is 5.78 Å². The van der Waals surface area contributed by atoms with Crippen molar-refractivity contribution in [1.29, 1.82) is 0 Å². The Hall–Kier alpha value is -3.35. The topological polar surface area (TPSA) is 127 Å². The molecule has 4 N–H and O–H groups in total. The molecule has 23 heavy (non-hydrogen) atoms. The number of aliphatic hydroxyl groups excluding tert-OH is 1. The number of benzene rings is 2. The molecule has 7 heteroatoms. The molecule has 0 fully saturated rings. The van der Waals surface area contributed by atoms with Crippen LogP contribution < -0.4 is 0 Å². The molecule has 2 aromatic carbocycles. The Kier molecular flexibility index (Phi) is 3.25. The second-order valence-corrected chi connectivity index (χ2v) is 5.13. The summed E-state index contributed by atoms with van der Waals surface area (Å²) in [7, 11) is 0. The van der Waals surface area contributed by atoms with Crippen LogP contribution >= 0.6 is 0 Å². The normalized spacial score (nSPS) is 13.8. The number of Topliss-reactive ketones (excluding diaryl/α,β-unsaturated/α-hetero) is 1. The molecule has 2 aromatic rings. The van der Waals surface area contributed by atoms with E-state index in [0.29, 0.717) is 11.1 Å². The smallest absolute Gasteiger partial charge is 0.231 e. The molecule has 0 unspecified atom stereocenters. The molecule has 0 amide bonds. The van der Waals surface area contributed by atoms with Crippen molar-refractivity contribution in [3.05, 3.63) is 57.7 Å². The number of phenolic OH excluding ortho intramolecular Hbond substituents is 3. The maximum Gasteiger partial charge on any atom is 0.231 e. The number of allylic oxidation sites excluding steroid dienone is 2. The van der Waals surface area contributed by atoms with Crippen molar-refractivity contribution < 1.29 is 25.2 Å². The van der Waals surface area contributed by atoms with Crippen LogP contribution in [-0.4, -0.2) is 26.2 Å². The van der Waals surface area contributed by atoms with Crippen LogP contribution in [0.2, 0.25) is 0 Å². The first-order valence-electron chi connectivity index (χ1n) is 6.60. The number of ketones is 1. The predicted molar refractivity (Wildman–Crippen MR) is 80.9 cm³/mol. The average Bonchev–Trinajstić information content (AvgIpc) is 2.50. The minimum atomic E-state index is -0.782. The minimum absolute atomic E-state index is 0.0577. The van der Waals surface area contributed by atoms with E-state index in [0.717, 1.165) is 6.07 Å². The summed E-state index contributed by atoms with van der Waals surface area (Å²) in [5.41, 5.74) is 0.651. The Bertz CT molecular complexity index is 884. The van der Waals surface area contributed by atoms with Crippen molar-refractivity contribution in [2.75, 3.05) is 0 Å². The zero-order chi connectivity index (χ0) is 16.7. The van der Waals surface area contributed by atoms with Gasteiger partial charge in [-0.2, -0.15) is 0 Å². The minimum Gasteiger partial charge on any atom is -0.508 e. The van der Waals surface area contributed by atoms with Crippen LogP contribution in [0.4, 0.5) is 5.69 Å². The van der Waals surface area contributed by atoms with E-state index in [1.54, 1.807) is 0 Å². The van der Waals surface area contributed by atoms with Crippen LogP contribution in [0.1, 0.15) is 21.5 Å². The van der Waals surface area contributed by atoms with Gasteiger partial charge in [0, 0.05) is 18.1 Å². The number of hydrogen-bond donors (Lipinski definition) is 4. The Morgan fingerprint density at radius 3 is 2.35 bits per heavy atom. The van der Waals surface area contributed by atoms with Gasteiger partial charge in [0.05, 0.1) is 5.56 Å². The molecule has 3 rings (SSSR count). The predicted octanol–water partition coefficient (Wildman–Crippen LogP) is 2.91. The molecular weight excluding hydrogens is 302 g/mol. The van der Waals surface area contributed by atoms with Gasteiger partial charge < -0.3 is 20.4 Å². The van der Waals surface area contributed by atoms with E-state index in [2.05, 4.69) is 5.18 Å². The Morgan fingerprint density at radius 2 is 1.70 bits per heavy atom. The van der Waals surface area contributed by atoms with Crippen molar-refractivity contribution >= 4 is 17.0 Å². The molecule has 0 spiro atoms. The summed E-state index contributed by atoms with van der Waals surface area (Å²) in [6, 6.07) is 6.25. The highest BCUT2D eigenvalue weighted by Gasteiger charge is 2.30. The van der Waals surface area contributed by atoms with Crippen LogP contribution in [-0.2, 0) is 6.42 Å². The summed E-state index contributed by atoms with van der Waals surface area (Å²) in [5, 5.41) is 41.8. The van der Waals surface area contributed by atoms with Crippen molar-refractivity contribution in [2.24, 2.45) is 5.18 Å².